The van der Waals surface area contributed by atoms with Crippen molar-refractivity contribution in [1.29, 1.82) is 0 Å². The fraction of sp³-hybridized carbons (Fsp3) is 0.133. The molecule has 2 aromatic rings. The lowest BCUT2D eigenvalue weighted by atomic mass is 10.1. The van der Waals surface area contributed by atoms with Crippen LogP contribution in [0.1, 0.15) is 21.5 Å². The lowest BCUT2D eigenvalue weighted by molar-refractivity contribution is 0.0698. The average molecular weight is 276 g/mol. The highest BCUT2D eigenvalue weighted by Gasteiger charge is 2.11. The molecule has 0 aromatic heterocycles. The third kappa shape index (κ3) is 3.06. The van der Waals surface area contributed by atoms with E-state index in [1.165, 1.54) is 6.07 Å². The van der Waals surface area contributed by atoms with Gasteiger partial charge >= 0.3 is 5.97 Å². The fourth-order valence-corrected chi connectivity index (χ4v) is 2.07. The van der Waals surface area contributed by atoms with Crippen molar-refractivity contribution in [2.45, 2.75) is 13.8 Å². The molecule has 19 heavy (non-hydrogen) atoms. The van der Waals surface area contributed by atoms with Crippen LogP contribution in [0.4, 0.5) is 11.4 Å². The van der Waals surface area contributed by atoms with Gasteiger partial charge in [-0.15, -0.1) is 0 Å². The molecule has 0 aliphatic heterocycles. The number of rotatable bonds is 3. The number of aromatic carboxylic acids is 1. The fourth-order valence-electron chi connectivity index (χ4n) is 1.90. The van der Waals surface area contributed by atoms with Gasteiger partial charge in [-0.2, -0.15) is 0 Å². The van der Waals surface area contributed by atoms with Gasteiger partial charge in [0.15, 0.2) is 0 Å². The molecular weight excluding hydrogens is 262 g/mol. The molecule has 0 aliphatic carbocycles. The summed E-state index contributed by atoms with van der Waals surface area (Å²) in [7, 11) is 0. The van der Waals surface area contributed by atoms with Gasteiger partial charge < -0.3 is 10.4 Å². The molecular formula is C15H14ClNO2. The quantitative estimate of drug-likeness (QED) is 0.873. The number of carboxylic acid groups (broad SMARTS) is 1. The molecule has 0 bridgehead atoms. The van der Waals surface area contributed by atoms with Crippen molar-refractivity contribution in [2.75, 3.05) is 5.32 Å². The zero-order valence-electron chi connectivity index (χ0n) is 10.7. The summed E-state index contributed by atoms with van der Waals surface area (Å²) in [5.41, 5.74) is 3.80. The van der Waals surface area contributed by atoms with Crippen molar-refractivity contribution >= 4 is 28.9 Å². The minimum Gasteiger partial charge on any atom is -0.478 e. The second-order valence-electron chi connectivity index (χ2n) is 4.44. The molecule has 0 amide bonds. The van der Waals surface area contributed by atoms with Crippen molar-refractivity contribution in [3.63, 3.8) is 0 Å². The largest absolute Gasteiger partial charge is 0.478 e. The SMILES string of the molecule is Cc1ccc(Nc2ccc(Cl)cc2C(=O)O)c(C)c1. The molecule has 0 radical (unpaired) electrons. The topological polar surface area (TPSA) is 49.3 Å². The van der Waals surface area contributed by atoms with Crippen LogP contribution in [0.3, 0.4) is 0 Å². The summed E-state index contributed by atoms with van der Waals surface area (Å²) in [5.74, 6) is -1.00. The number of hydrogen-bond acceptors (Lipinski definition) is 2. The van der Waals surface area contributed by atoms with Crippen molar-refractivity contribution in [1.82, 2.24) is 0 Å². The number of carbonyl (C=O) groups is 1. The Morgan fingerprint density at radius 2 is 1.79 bits per heavy atom. The van der Waals surface area contributed by atoms with Crippen molar-refractivity contribution in [3.8, 4) is 0 Å². The number of hydrogen-bond donors (Lipinski definition) is 2. The minimum atomic E-state index is -1.00. The molecule has 0 spiro atoms. The van der Waals surface area contributed by atoms with Crippen LogP contribution in [0.2, 0.25) is 5.02 Å². The van der Waals surface area contributed by atoms with E-state index >= 15 is 0 Å². The maximum absolute atomic E-state index is 11.2. The highest BCUT2D eigenvalue weighted by molar-refractivity contribution is 6.31. The first-order valence-corrected chi connectivity index (χ1v) is 6.22. The predicted molar refractivity (Wildman–Crippen MR) is 77.6 cm³/mol. The predicted octanol–water partition coefficient (Wildman–Crippen LogP) is 4.40. The molecule has 2 N–H and O–H groups in total. The second kappa shape index (κ2) is 5.33. The first-order chi connectivity index (χ1) is 8.97. The second-order valence-corrected chi connectivity index (χ2v) is 4.87. The molecule has 2 aromatic carbocycles. The zero-order chi connectivity index (χ0) is 14.0. The Bertz CT molecular complexity index is 638. The average Bonchev–Trinajstić information content (AvgIpc) is 2.34. The summed E-state index contributed by atoms with van der Waals surface area (Å²) in [5, 5.41) is 12.7. The molecule has 98 valence electrons. The van der Waals surface area contributed by atoms with E-state index in [4.69, 9.17) is 11.6 Å². The summed E-state index contributed by atoms with van der Waals surface area (Å²) in [6.07, 6.45) is 0. The van der Waals surface area contributed by atoms with Crippen molar-refractivity contribution in [3.05, 3.63) is 58.1 Å². The van der Waals surface area contributed by atoms with Crippen LogP contribution >= 0.6 is 11.6 Å². The van der Waals surface area contributed by atoms with Gasteiger partial charge in [0, 0.05) is 10.7 Å². The Kier molecular flexibility index (Phi) is 3.76. The molecule has 0 saturated heterocycles. The van der Waals surface area contributed by atoms with Crippen LogP contribution in [0.25, 0.3) is 0 Å². The summed E-state index contributed by atoms with van der Waals surface area (Å²) >= 11 is 5.82. The van der Waals surface area contributed by atoms with Crippen LogP contribution in [-0.4, -0.2) is 11.1 Å². The van der Waals surface area contributed by atoms with Gasteiger partial charge in [0.2, 0.25) is 0 Å². The lowest BCUT2D eigenvalue weighted by Gasteiger charge is -2.12. The number of nitrogens with one attached hydrogen (secondary N) is 1. The number of halogens is 1. The Balaban J connectivity index is 2.40. The van der Waals surface area contributed by atoms with Gasteiger partial charge in [-0.1, -0.05) is 29.3 Å². The number of carboxylic acids is 1. The van der Waals surface area contributed by atoms with E-state index in [0.717, 1.165) is 16.8 Å². The number of anilines is 2. The number of aryl methyl sites for hydroxylation is 2. The molecule has 0 unspecified atom stereocenters. The van der Waals surface area contributed by atoms with E-state index in [0.29, 0.717) is 10.7 Å². The summed E-state index contributed by atoms with van der Waals surface area (Å²) in [4.78, 5) is 11.2. The maximum atomic E-state index is 11.2. The third-order valence-corrected chi connectivity index (χ3v) is 3.10. The van der Waals surface area contributed by atoms with Crippen LogP contribution in [0.15, 0.2) is 36.4 Å². The van der Waals surface area contributed by atoms with Gasteiger partial charge in [-0.3, -0.25) is 0 Å². The van der Waals surface area contributed by atoms with Crippen LogP contribution < -0.4 is 5.32 Å². The first kappa shape index (κ1) is 13.4. The van der Waals surface area contributed by atoms with Crippen LogP contribution in [0, 0.1) is 13.8 Å². The number of benzene rings is 2. The molecule has 0 heterocycles. The highest BCUT2D eigenvalue weighted by Crippen LogP contribution is 2.26. The van der Waals surface area contributed by atoms with E-state index in [-0.39, 0.29) is 5.56 Å². The van der Waals surface area contributed by atoms with Crippen molar-refractivity contribution in [2.24, 2.45) is 0 Å². The Morgan fingerprint density at radius 3 is 2.42 bits per heavy atom. The van der Waals surface area contributed by atoms with Gasteiger partial charge in [0.05, 0.1) is 11.3 Å². The van der Waals surface area contributed by atoms with Gasteiger partial charge in [0.1, 0.15) is 0 Å². The third-order valence-electron chi connectivity index (χ3n) is 2.86. The van der Waals surface area contributed by atoms with Gasteiger partial charge in [-0.25, -0.2) is 4.79 Å². The zero-order valence-corrected chi connectivity index (χ0v) is 11.5. The Morgan fingerprint density at radius 1 is 1.11 bits per heavy atom. The summed E-state index contributed by atoms with van der Waals surface area (Å²) < 4.78 is 0. The lowest BCUT2D eigenvalue weighted by Crippen LogP contribution is -2.03. The van der Waals surface area contributed by atoms with Crippen molar-refractivity contribution < 1.29 is 9.90 Å². The van der Waals surface area contributed by atoms with E-state index in [1.54, 1.807) is 12.1 Å². The highest BCUT2D eigenvalue weighted by atomic mass is 35.5. The molecule has 2 rings (SSSR count). The molecule has 3 nitrogen and oxygen atoms in total. The monoisotopic (exact) mass is 275 g/mol. The minimum absolute atomic E-state index is 0.160. The van der Waals surface area contributed by atoms with E-state index in [1.807, 2.05) is 32.0 Å². The first-order valence-electron chi connectivity index (χ1n) is 5.84. The standard InChI is InChI=1S/C15H14ClNO2/c1-9-3-5-13(10(2)7-9)17-14-6-4-11(16)8-12(14)15(18)19/h3-8,17H,1-2H3,(H,18,19). The van der Waals surface area contributed by atoms with E-state index in [9.17, 15) is 9.90 Å². The molecule has 0 saturated carbocycles. The molecule has 4 heteroatoms. The smallest absolute Gasteiger partial charge is 0.337 e. The summed E-state index contributed by atoms with van der Waals surface area (Å²) in [6.45, 7) is 3.99. The Hall–Kier alpha value is -2.00. The van der Waals surface area contributed by atoms with Crippen LogP contribution in [-0.2, 0) is 0 Å². The van der Waals surface area contributed by atoms with E-state index < -0.39 is 5.97 Å². The normalized spacial score (nSPS) is 10.3. The molecule has 0 aliphatic rings. The molecule has 0 fully saturated rings. The van der Waals surface area contributed by atoms with Gasteiger partial charge in [0.25, 0.3) is 0 Å². The molecule has 0 atom stereocenters. The van der Waals surface area contributed by atoms with Gasteiger partial charge in [-0.05, 0) is 43.7 Å². The van der Waals surface area contributed by atoms with E-state index in [2.05, 4.69) is 5.32 Å². The Labute approximate surface area is 116 Å². The van der Waals surface area contributed by atoms with Crippen LogP contribution in [0.5, 0.6) is 0 Å². The maximum Gasteiger partial charge on any atom is 0.337 e. The summed E-state index contributed by atoms with van der Waals surface area (Å²) in [6, 6.07) is 10.7.